The molecule has 2 aliphatic carbocycles. The van der Waals surface area contributed by atoms with Crippen LogP contribution in [0.2, 0.25) is 0 Å². The molecule has 133 valence electrons. The molecule has 0 aromatic carbocycles. The summed E-state index contributed by atoms with van der Waals surface area (Å²) in [5.41, 5.74) is 0.189. The Morgan fingerprint density at radius 3 is 1.45 bits per heavy atom. The van der Waals surface area contributed by atoms with E-state index in [4.69, 9.17) is 0 Å². The number of rotatable bonds is 0. The molecule has 2 atom stereocenters. The molecular formula is C20H40NNb-3. The van der Waals surface area contributed by atoms with Gasteiger partial charge in [0, 0.05) is 0 Å². The summed E-state index contributed by atoms with van der Waals surface area (Å²) >= 11 is 1.52. The average molecular weight is 387 g/mol. The second kappa shape index (κ2) is 16.4. The summed E-state index contributed by atoms with van der Waals surface area (Å²) in [4.78, 5) is 0. The van der Waals surface area contributed by atoms with E-state index in [9.17, 15) is 0 Å². The van der Waals surface area contributed by atoms with E-state index in [-0.39, 0.29) is 5.54 Å². The van der Waals surface area contributed by atoms with Crippen LogP contribution in [0.15, 0.2) is 3.34 Å². The molecule has 0 heterocycles. The van der Waals surface area contributed by atoms with E-state index in [0.29, 0.717) is 0 Å². The Morgan fingerprint density at radius 1 is 0.909 bits per heavy atom. The molecule has 1 nitrogen and oxygen atoms in total. The Bertz CT molecular complexity index is 209. The molecule has 22 heavy (non-hydrogen) atoms. The molecule has 0 aromatic heterocycles. The van der Waals surface area contributed by atoms with Gasteiger partial charge in [0.05, 0.1) is 0 Å². The third kappa shape index (κ3) is 20.5. The minimum absolute atomic E-state index is 0.189. The molecule has 0 saturated heterocycles. The van der Waals surface area contributed by atoms with Gasteiger partial charge < -0.3 is 19.8 Å². The van der Waals surface area contributed by atoms with Gasteiger partial charge in [-0.05, 0) is 0 Å². The van der Waals surface area contributed by atoms with Gasteiger partial charge in [-0.2, -0.15) is 31.6 Å². The maximum atomic E-state index is 4.07. The van der Waals surface area contributed by atoms with Crippen molar-refractivity contribution in [2.75, 3.05) is 0 Å². The van der Waals surface area contributed by atoms with Crippen LogP contribution < -0.4 is 0 Å². The Labute approximate surface area is 154 Å². The minimum Gasteiger partial charge on any atom is -0.346 e. The molecule has 0 aromatic rings. The summed E-state index contributed by atoms with van der Waals surface area (Å²) in [6.07, 6.45) is 16.3. The maximum absolute atomic E-state index is 4.07. The molecule has 2 fully saturated rings. The zero-order chi connectivity index (χ0) is 17.4. The van der Waals surface area contributed by atoms with Gasteiger partial charge in [0.25, 0.3) is 0 Å². The van der Waals surface area contributed by atoms with Gasteiger partial charge in [0.2, 0.25) is 0 Å². The molecule has 2 rings (SSSR count). The molecular weight excluding hydrogens is 347 g/mol. The molecule has 0 aliphatic heterocycles. The van der Waals surface area contributed by atoms with Crippen molar-refractivity contribution in [3.05, 3.63) is 19.8 Å². The normalized spacial score (nSPS) is 24.3. The van der Waals surface area contributed by atoms with Gasteiger partial charge in [-0.25, -0.2) is 0 Å². The van der Waals surface area contributed by atoms with Crippen LogP contribution in [0.5, 0.6) is 0 Å². The first kappa shape index (κ1) is 24.8. The van der Waals surface area contributed by atoms with Crippen LogP contribution in [0, 0.1) is 31.6 Å². The largest absolute Gasteiger partial charge is 0.346 e. The summed E-state index contributed by atoms with van der Waals surface area (Å²) in [7, 11) is 0. The molecule has 2 unspecified atom stereocenters. The number of hydrogen-bond donors (Lipinski definition) is 0. The van der Waals surface area contributed by atoms with Gasteiger partial charge in [-0.1, -0.05) is 52.4 Å². The third-order valence-corrected chi connectivity index (χ3v) is 5.07. The van der Waals surface area contributed by atoms with Crippen molar-refractivity contribution in [3.63, 3.8) is 0 Å². The van der Waals surface area contributed by atoms with Gasteiger partial charge in [0.1, 0.15) is 0 Å². The average Bonchev–Trinajstić information content (AvgIpc) is 2.51. The second-order valence-corrected chi connectivity index (χ2v) is 7.77. The Kier molecular flexibility index (Phi) is 18.5. The van der Waals surface area contributed by atoms with E-state index in [1.54, 1.807) is 6.92 Å². The zero-order valence-electron chi connectivity index (χ0n) is 16.1. The molecule has 2 heteroatoms. The van der Waals surface area contributed by atoms with E-state index in [0.717, 1.165) is 11.8 Å². The Balaban J connectivity index is 0. The Morgan fingerprint density at radius 2 is 1.32 bits per heavy atom. The first-order valence-corrected chi connectivity index (χ1v) is 10.1. The molecule has 2 aliphatic rings. The van der Waals surface area contributed by atoms with Gasteiger partial charge in [-0.15, -0.1) is 0 Å². The van der Waals surface area contributed by atoms with Crippen LogP contribution in [-0.4, -0.2) is 5.54 Å². The smallest absolute Gasteiger partial charge is 0.0577 e. The van der Waals surface area contributed by atoms with Crippen molar-refractivity contribution < 1.29 is 20.9 Å². The molecule has 0 bridgehead atoms. The summed E-state index contributed by atoms with van der Waals surface area (Å²) in [6, 6.07) is 0. The molecule has 0 spiro atoms. The van der Waals surface area contributed by atoms with E-state index < -0.39 is 0 Å². The molecule has 0 amide bonds. The van der Waals surface area contributed by atoms with Crippen molar-refractivity contribution in [1.29, 1.82) is 0 Å². The fraction of sp³-hybridized carbons (Fsp3) is 0.850. The summed E-state index contributed by atoms with van der Waals surface area (Å²) in [6.45, 7) is 15.9. The van der Waals surface area contributed by atoms with Crippen LogP contribution in [0.25, 0.3) is 0 Å². The predicted molar refractivity (Wildman–Crippen MR) is 97.1 cm³/mol. The van der Waals surface area contributed by atoms with Crippen molar-refractivity contribution in [2.24, 2.45) is 15.2 Å². The molecule has 0 N–H and O–H groups in total. The summed E-state index contributed by atoms with van der Waals surface area (Å²) in [5.74, 6) is 1.78. The fourth-order valence-electron chi connectivity index (χ4n) is 2.41. The SMILES string of the molecule is CC(C)(C)[N]=[Nb].CC1[CH-]C(C)CCC1.[CH-]1CCCCC1.[CH2-]C. The monoisotopic (exact) mass is 387 g/mol. The second-order valence-electron chi connectivity index (χ2n) is 7.28. The topological polar surface area (TPSA) is 12.4 Å². The molecule has 2 saturated carbocycles. The van der Waals surface area contributed by atoms with E-state index in [2.05, 4.69) is 57.7 Å². The van der Waals surface area contributed by atoms with Gasteiger partial charge >= 0.3 is 50.5 Å². The quantitative estimate of drug-likeness (QED) is 0.309. The van der Waals surface area contributed by atoms with Crippen molar-refractivity contribution in [2.45, 2.75) is 98.4 Å². The minimum atomic E-state index is 0.189. The number of hydrogen-bond acceptors (Lipinski definition) is 1. The third-order valence-electron chi connectivity index (χ3n) is 3.59. The van der Waals surface area contributed by atoms with Crippen LogP contribution in [0.4, 0.5) is 0 Å². The van der Waals surface area contributed by atoms with E-state index in [1.165, 1.54) is 72.3 Å². The fourth-order valence-corrected chi connectivity index (χ4v) is 2.41. The number of nitrogens with zero attached hydrogens (tertiary/aromatic N) is 1. The van der Waals surface area contributed by atoms with Crippen molar-refractivity contribution >= 4 is 0 Å². The van der Waals surface area contributed by atoms with Gasteiger partial charge in [-0.3, -0.25) is 0 Å². The molecule has 0 radical (unpaired) electrons. The Hall–Kier alpha value is 0.540. The first-order valence-electron chi connectivity index (χ1n) is 9.09. The van der Waals surface area contributed by atoms with Crippen molar-refractivity contribution in [3.8, 4) is 0 Å². The summed E-state index contributed by atoms with van der Waals surface area (Å²) < 4.78 is 4.07. The van der Waals surface area contributed by atoms with Crippen LogP contribution >= 0.6 is 0 Å². The van der Waals surface area contributed by atoms with Gasteiger partial charge in [0.15, 0.2) is 0 Å². The van der Waals surface area contributed by atoms with E-state index in [1.807, 2.05) is 0 Å². The van der Waals surface area contributed by atoms with Crippen LogP contribution in [0.3, 0.4) is 0 Å². The standard InChI is InChI=1S/C8H15.C6H11.C4H9N.C2H5.Nb/c1-7-4-3-5-8(2)6-7;1-2-4-6-5-3-1;1-4(2,3)5;1-2;/h6-8H,3-5H2,1-2H3;1H,2-6H2;1-3H3;1H2,2H3;/q2*-1;;-1;. The zero-order valence-corrected chi connectivity index (χ0v) is 18.3. The predicted octanol–water partition coefficient (Wildman–Crippen LogP) is 7.16. The summed E-state index contributed by atoms with van der Waals surface area (Å²) in [5, 5.41) is 0. The van der Waals surface area contributed by atoms with Crippen LogP contribution in [0.1, 0.15) is 92.9 Å². The van der Waals surface area contributed by atoms with E-state index >= 15 is 0 Å². The van der Waals surface area contributed by atoms with Crippen molar-refractivity contribution in [1.82, 2.24) is 0 Å². The maximum Gasteiger partial charge on any atom is -0.0577 e. The van der Waals surface area contributed by atoms with Crippen LogP contribution in [-0.2, 0) is 20.9 Å². The first-order chi connectivity index (χ1) is 10.3.